The zero-order valence-corrected chi connectivity index (χ0v) is 14.5. The first-order valence-corrected chi connectivity index (χ1v) is 8.40. The van der Waals surface area contributed by atoms with E-state index >= 15 is 0 Å². The SMILES string of the molecule is COc1ccc([C@H](CC(=O)c2ccc(F)cc2)Nc2ccccc2)cc1. The number of rotatable bonds is 7. The van der Waals surface area contributed by atoms with Crippen molar-refractivity contribution < 1.29 is 13.9 Å². The summed E-state index contributed by atoms with van der Waals surface area (Å²) in [7, 11) is 1.62. The van der Waals surface area contributed by atoms with Gasteiger partial charge in [0, 0.05) is 17.7 Å². The van der Waals surface area contributed by atoms with Crippen LogP contribution in [0.25, 0.3) is 0 Å². The van der Waals surface area contributed by atoms with E-state index in [1.165, 1.54) is 24.3 Å². The zero-order chi connectivity index (χ0) is 18.4. The Morgan fingerprint density at radius 2 is 1.62 bits per heavy atom. The van der Waals surface area contributed by atoms with Gasteiger partial charge >= 0.3 is 0 Å². The zero-order valence-electron chi connectivity index (χ0n) is 14.5. The van der Waals surface area contributed by atoms with E-state index in [2.05, 4.69) is 5.32 Å². The van der Waals surface area contributed by atoms with Gasteiger partial charge in [-0.2, -0.15) is 0 Å². The van der Waals surface area contributed by atoms with E-state index in [4.69, 9.17) is 4.74 Å². The van der Waals surface area contributed by atoms with Gasteiger partial charge < -0.3 is 10.1 Å². The highest BCUT2D eigenvalue weighted by Gasteiger charge is 2.17. The molecule has 26 heavy (non-hydrogen) atoms. The third kappa shape index (κ3) is 4.48. The summed E-state index contributed by atoms with van der Waals surface area (Å²) in [6.45, 7) is 0. The third-order valence-electron chi connectivity index (χ3n) is 4.19. The molecular formula is C22H20FNO2. The molecule has 0 aliphatic rings. The quantitative estimate of drug-likeness (QED) is 0.591. The molecule has 3 rings (SSSR count). The van der Waals surface area contributed by atoms with Crippen LogP contribution in [-0.4, -0.2) is 12.9 Å². The van der Waals surface area contributed by atoms with Crippen molar-refractivity contribution in [2.24, 2.45) is 0 Å². The minimum atomic E-state index is -0.351. The number of nitrogens with one attached hydrogen (secondary N) is 1. The minimum Gasteiger partial charge on any atom is -0.497 e. The molecule has 0 aliphatic carbocycles. The van der Waals surface area contributed by atoms with Crippen LogP contribution in [0.4, 0.5) is 10.1 Å². The van der Waals surface area contributed by atoms with E-state index in [9.17, 15) is 9.18 Å². The molecule has 0 fully saturated rings. The van der Waals surface area contributed by atoms with Crippen LogP contribution in [0.1, 0.15) is 28.4 Å². The van der Waals surface area contributed by atoms with Gasteiger partial charge in [-0.1, -0.05) is 30.3 Å². The Labute approximate surface area is 152 Å². The van der Waals surface area contributed by atoms with Crippen molar-refractivity contribution in [3.05, 3.63) is 95.8 Å². The summed E-state index contributed by atoms with van der Waals surface area (Å²) < 4.78 is 18.3. The van der Waals surface area contributed by atoms with Gasteiger partial charge in [0.15, 0.2) is 5.78 Å². The number of methoxy groups -OCH3 is 1. The molecule has 0 saturated carbocycles. The van der Waals surface area contributed by atoms with E-state index in [1.54, 1.807) is 7.11 Å². The van der Waals surface area contributed by atoms with Crippen LogP contribution in [0.5, 0.6) is 5.75 Å². The van der Waals surface area contributed by atoms with Crippen LogP contribution in [-0.2, 0) is 0 Å². The lowest BCUT2D eigenvalue weighted by Gasteiger charge is -2.20. The van der Waals surface area contributed by atoms with E-state index < -0.39 is 0 Å². The van der Waals surface area contributed by atoms with Gasteiger partial charge in [0.1, 0.15) is 11.6 Å². The summed E-state index contributed by atoms with van der Waals surface area (Å²) in [6.07, 6.45) is 0.257. The summed E-state index contributed by atoms with van der Waals surface area (Å²) in [5.41, 5.74) is 2.41. The summed E-state index contributed by atoms with van der Waals surface area (Å²) in [6, 6.07) is 22.8. The van der Waals surface area contributed by atoms with Crippen molar-refractivity contribution in [1.82, 2.24) is 0 Å². The first-order chi connectivity index (χ1) is 12.7. The van der Waals surface area contributed by atoms with Crippen LogP contribution < -0.4 is 10.1 Å². The number of para-hydroxylation sites is 1. The average Bonchev–Trinajstić information content (AvgIpc) is 2.69. The highest BCUT2D eigenvalue weighted by molar-refractivity contribution is 5.96. The lowest BCUT2D eigenvalue weighted by atomic mass is 9.97. The number of hydrogen-bond acceptors (Lipinski definition) is 3. The normalized spacial score (nSPS) is 11.6. The number of carbonyl (C=O) groups is 1. The van der Waals surface area contributed by atoms with Crippen molar-refractivity contribution in [2.45, 2.75) is 12.5 Å². The largest absolute Gasteiger partial charge is 0.497 e. The summed E-state index contributed by atoms with van der Waals surface area (Å²) >= 11 is 0. The van der Waals surface area contributed by atoms with Crippen molar-refractivity contribution in [2.75, 3.05) is 12.4 Å². The Kier molecular flexibility index (Phi) is 5.64. The number of ether oxygens (including phenoxy) is 1. The molecule has 3 aromatic rings. The van der Waals surface area contributed by atoms with Gasteiger partial charge in [0.2, 0.25) is 0 Å². The maximum Gasteiger partial charge on any atom is 0.165 e. The molecule has 1 N–H and O–H groups in total. The van der Waals surface area contributed by atoms with Crippen LogP contribution >= 0.6 is 0 Å². The summed E-state index contributed by atoms with van der Waals surface area (Å²) in [5.74, 6) is 0.363. The lowest BCUT2D eigenvalue weighted by Crippen LogP contribution is -2.16. The molecule has 0 amide bonds. The molecule has 0 unspecified atom stereocenters. The van der Waals surface area contributed by atoms with Crippen LogP contribution in [0.15, 0.2) is 78.9 Å². The van der Waals surface area contributed by atoms with Crippen LogP contribution in [0.2, 0.25) is 0 Å². The second-order valence-corrected chi connectivity index (χ2v) is 5.97. The summed E-state index contributed by atoms with van der Waals surface area (Å²) in [5, 5.41) is 3.41. The number of Topliss-reactive ketones (excluding diaryl/α,β-unsaturated/α-hetero) is 1. The van der Waals surface area contributed by atoms with Crippen molar-refractivity contribution >= 4 is 11.5 Å². The second-order valence-electron chi connectivity index (χ2n) is 5.97. The van der Waals surface area contributed by atoms with Crippen LogP contribution in [0, 0.1) is 5.82 Å². The van der Waals surface area contributed by atoms with E-state index in [-0.39, 0.29) is 24.1 Å². The number of halogens is 1. The van der Waals surface area contributed by atoms with Gasteiger partial charge in [-0.15, -0.1) is 0 Å². The molecule has 0 aromatic heterocycles. The fraction of sp³-hybridized carbons (Fsp3) is 0.136. The topological polar surface area (TPSA) is 38.3 Å². The molecular weight excluding hydrogens is 329 g/mol. The molecule has 0 heterocycles. The maximum atomic E-state index is 13.1. The van der Waals surface area contributed by atoms with Gasteiger partial charge in [0.05, 0.1) is 13.2 Å². The standard InChI is InChI=1S/C22H20FNO2/c1-26-20-13-9-16(10-14-20)21(24-19-5-3-2-4-6-19)15-22(25)17-7-11-18(23)12-8-17/h2-14,21,24H,15H2,1H3/t21-/m0/s1. The first-order valence-electron chi connectivity index (χ1n) is 8.40. The smallest absolute Gasteiger partial charge is 0.165 e. The predicted octanol–water partition coefficient (Wildman–Crippen LogP) is 5.26. The highest BCUT2D eigenvalue weighted by atomic mass is 19.1. The fourth-order valence-corrected chi connectivity index (χ4v) is 2.76. The molecule has 0 saturated heterocycles. The Morgan fingerprint density at radius 1 is 0.962 bits per heavy atom. The number of ketones is 1. The van der Waals surface area contributed by atoms with Crippen molar-refractivity contribution in [3.8, 4) is 5.75 Å². The maximum absolute atomic E-state index is 13.1. The molecule has 1 atom stereocenters. The Balaban J connectivity index is 1.83. The fourth-order valence-electron chi connectivity index (χ4n) is 2.76. The summed E-state index contributed by atoms with van der Waals surface area (Å²) in [4.78, 5) is 12.7. The molecule has 0 spiro atoms. The molecule has 0 bridgehead atoms. The number of hydrogen-bond donors (Lipinski definition) is 1. The molecule has 0 aliphatic heterocycles. The van der Waals surface area contributed by atoms with Crippen molar-refractivity contribution in [3.63, 3.8) is 0 Å². The Morgan fingerprint density at radius 3 is 2.23 bits per heavy atom. The van der Waals surface area contributed by atoms with E-state index in [0.717, 1.165) is 17.0 Å². The Bertz CT molecular complexity index is 846. The minimum absolute atomic E-state index is 0.0470. The predicted molar refractivity (Wildman–Crippen MR) is 101 cm³/mol. The molecule has 3 nitrogen and oxygen atoms in total. The first kappa shape index (κ1) is 17.7. The average molecular weight is 349 g/mol. The molecule has 3 aromatic carbocycles. The van der Waals surface area contributed by atoms with E-state index in [1.807, 2.05) is 54.6 Å². The number of carbonyl (C=O) groups excluding carboxylic acids is 1. The monoisotopic (exact) mass is 349 g/mol. The van der Waals surface area contributed by atoms with Gasteiger partial charge in [0.25, 0.3) is 0 Å². The number of anilines is 1. The lowest BCUT2D eigenvalue weighted by molar-refractivity contribution is 0.0976. The number of benzene rings is 3. The Hall–Kier alpha value is -3.14. The molecule has 132 valence electrons. The third-order valence-corrected chi connectivity index (χ3v) is 4.19. The van der Waals surface area contributed by atoms with E-state index in [0.29, 0.717) is 5.56 Å². The highest BCUT2D eigenvalue weighted by Crippen LogP contribution is 2.26. The second kappa shape index (κ2) is 8.30. The van der Waals surface area contributed by atoms with Crippen LogP contribution in [0.3, 0.4) is 0 Å². The molecule has 0 radical (unpaired) electrons. The molecule has 4 heteroatoms. The van der Waals surface area contributed by atoms with Crippen molar-refractivity contribution in [1.29, 1.82) is 0 Å². The van der Waals surface area contributed by atoms with Gasteiger partial charge in [-0.05, 0) is 54.1 Å². The van der Waals surface area contributed by atoms with Gasteiger partial charge in [-0.25, -0.2) is 4.39 Å². The van der Waals surface area contributed by atoms with Gasteiger partial charge in [-0.3, -0.25) is 4.79 Å².